The number of aromatic nitrogens is 2. The molecule has 0 saturated carbocycles. The monoisotopic (exact) mass is 454 g/mol. The van der Waals surface area contributed by atoms with Gasteiger partial charge < -0.3 is 9.88 Å². The van der Waals surface area contributed by atoms with Gasteiger partial charge in [0.05, 0.1) is 15.9 Å². The number of sulfonamides is 1. The highest BCUT2D eigenvalue weighted by Crippen LogP contribution is 2.28. The first-order valence-electron chi connectivity index (χ1n) is 11.2. The van der Waals surface area contributed by atoms with Crippen LogP contribution in [0.3, 0.4) is 0 Å². The lowest BCUT2D eigenvalue weighted by Crippen LogP contribution is -2.39. The van der Waals surface area contributed by atoms with Crippen LogP contribution in [0.25, 0.3) is 11.0 Å². The summed E-state index contributed by atoms with van der Waals surface area (Å²) in [5, 5.41) is 0. The van der Waals surface area contributed by atoms with Gasteiger partial charge in [-0.05, 0) is 49.6 Å². The third kappa shape index (κ3) is 4.17. The van der Waals surface area contributed by atoms with Crippen LogP contribution in [0, 0.1) is 6.92 Å². The van der Waals surface area contributed by atoms with Crippen LogP contribution in [0.1, 0.15) is 54.4 Å². The molecule has 0 spiro atoms. The molecular formula is C24H30N4O3S. The Labute approximate surface area is 189 Å². The summed E-state index contributed by atoms with van der Waals surface area (Å²) in [5.41, 5.74) is 2.98. The van der Waals surface area contributed by atoms with Gasteiger partial charge in [0.25, 0.3) is 5.91 Å². The SMILES string of the molecule is CCN(CC)S(=O)(=O)c1cc(C(=O)N2CCC[C@@H](c3nc4ccccc4[nH]3)C2)ccc1C. The van der Waals surface area contributed by atoms with E-state index in [0.29, 0.717) is 37.3 Å². The second-order valence-electron chi connectivity index (χ2n) is 8.30. The molecule has 1 aromatic heterocycles. The van der Waals surface area contributed by atoms with Crippen molar-refractivity contribution in [2.45, 2.75) is 44.4 Å². The van der Waals surface area contributed by atoms with Gasteiger partial charge in [-0.3, -0.25) is 4.79 Å². The third-order valence-corrected chi connectivity index (χ3v) is 8.45. The van der Waals surface area contributed by atoms with Crippen molar-refractivity contribution in [3.8, 4) is 0 Å². The summed E-state index contributed by atoms with van der Waals surface area (Å²) < 4.78 is 27.6. The number of rotatable bonds is 6. The van der Waals surface area contributed by atoms with Crippen LogP contribution in [0.15, 0.2) is 47.4 Å². The fourth-order valence-electron chi connectivity index (χ4n) is 4.45. The molecule has 1 N–H and O–H groups in total. The zero-order chi connectivity index (χ0) is 22.9. The number of likely N-dealkylation sites (tertiary alicyclic amines) is 1. The largest absolute Gasteiger partial charge is 0.342 e. The van der Waals surface area contributed by atoms with E-state index in [1.54, 1.807) is 19.1 Å². The van der Waals surface area contributed by atoms with Crippen LogP contribution in [-0.4, -0.2) is 59.7 Å². The fraction of sp³-hybridized carbons (Fsp3) is 0.417. The molecule has 1 atom stereocenters. The zero-order valence-electron chi connectivity index (χ0n) is 18.8. The molecule has 1 fully saturated rings. The number of hydrogen-bond acceptors (Lipinski definition) is 4. The molecule has 7 nitrogen and oxygen atoms in total. The van der Waals surface area contributed by atoms with Crippen molar-refractivity contribution in [1.29, 1.82) is 0 Å². The van der Waals surface area contributed by atoms with E-state index in [1.165, 1.54) is 10.4 Å². The van der Waals surface area contributed by atoms with Gasteiger partial charge in [0.1, 0.15) is 5.82 Å². The van der Waals surface area contributed by atoms with E-state index in [-0.39, 0.29) is 16.7 Å². The van der Waals surface area contributed by atoms with E-state index in [9.17, 15) is 13.2 Å². The van der Waals surface area contributed by atoms with Gasteiger partial charge in [0.2, 0.25) is 10.0 Å². The van der Waals surface area contributed by atoms with E-state index in [4.69, 9.17) is 4.98 Å². The number of aryl methyl sites for hydroxylation is 1. The maximum Gasteiger partial charge on any atom is 0.253 e. The molecule has 1 aliphatic rings. The smallest absolute Gasteiger partial charge is 0.253 e. The van der Waals surface area contributed by atoms with Crippen molar-refractivity contribution in [2.24, 2.45) is 0 Å². The number of piperidine rings is 1. The summed E-state index contributed by atoms with van der Waals surface area (Å²) >= 11 is 0. The first kappa shape index (κ1) is 22.5. The van der Waals surface area contributed by atoms with Crippen molar-refractivity contribution in [3.05, 3.63) is 59.4 Å². The molecule has 1 aliphatic heterocycles. The van der Waals surface area contributed by atoms with Crippen LogP contribution < -0.4 is 0 Å². The Morgan fingerprint density at radius 3 is 2.66 bits per heavy atom. The number of nitrogens with one attached hydrogen (secondary N) is 1. The van der Waals surface area contributed by atoms with Crippen molar-refractivity contribution < 1.29 is 13.2 Å². The fourth-order valence-corrected chi connectivity index (χ4v) is 6.16. The predicted molar refractivity (Wildman–Crippen MR) is 125 cm³/mol. The van der Waals surface area contributed by atoms with Crippen molar-refractivity contribution >= 4 is 27.0 Å². The number of H-pyrrole nitrogens is 1. The molecule has 8 heteroatoms. The molecule has 4 rings (SSSR count). The second-order valence-corrected chi connectivity index (χ2v) is 10.2. The molecule has 32 heavy (non-hydrogen) atoms. The highest BCUT2D eigenvalue weighted by atomic mass is 32.2. The van der Waals surface area contributed by atoms with Gasteiger partial charge in [0, 0.05) is 37.7 Å². The maximum atomic E-state index is 13.3. The minimum Gasteiger partial charge on any atom is -0.342 e. The van der Waals surface area contributed by atoms with E-state index >= 15 is 0 Å². The van der Waals surface area contributed by atoms with Crippen LogP contribution in [0.5, 0.6) is 0 Å². The second kappa shape index (κ2) is 9.03. The standard InChI is InChI=1S/C24H30N4O3S/c1-4-28(5-2)32(30,31)22-15-18(13-12-17(22)3)24(29)27-14-8-9-19(16-27)23-25-20-10-6-7-11-21(20)26-23/h6-7,10-13,15,19H,4-5,8-9,14,16H2,1-3H3,(H,25,26)/t19-/m1/s1. The van der Waals surface area contributed by atoms with Crippen LogP contribution in [0.2, 0.25) is 0 Å². The Bertz CT molecular complexity index is 1200. The lowest BCUT2D eigenvalue weighted by molar-refractivity contribution is 0.0704. The Balaban J connectivity index is 1.59. The minimum atomic E-state index is -3.64. The van der Waals surface area contributed by atoms with E-state index in [0.717, 1.165) is 29.7 Å². The van der Waals surface area contributed by atoms with Crippen molar-refractivity contribution in [2.75, 3.05) is 26.2 Å². The van der Waals surface area contributed by atoms with Gasteiger partial charge in [-0.25, -0.2) is 13.4 Å². The quantitative estimate of drug-likeness (QED) is 0.612. The van der Waals surface area contributed by atoms with E-state index in [2.05, 4.69) is 4.98 Å². The Morgan fingerprint density at radius 2 is 1.94 bits per heavy atom. The van der Waals surface area contributed by atoms with Crippen LogP contribution >= 0.6 is 0 Å². The maximum absolute atomic E-state index is 13.3. The number of hydrogen-bond donors (Lipinski definition) is 1. The van der Waals surface area contributed by atoms with Gasteiger partial charge in [0.15, 0.2) is 0 Å². The summed E-state index contributed by atoms with van der Waals surface area (Å²) in [4.78, 5) is 23.5. The molecule has 0 aliphatic carbocycles. The molecule has 1 amide bonds. The zero-order valence-corrected chi connectivity index (χ0v) is 19.7. The Morgan fingerprint density at radius 1 is 1.19 bits per heavy atom. The molecule has 1 saturated heterocycles. The number of fused-ring (bicyclic) bond motifs is 1. The summed E-state index contributed by atoms with van der Waals surface area (Å²) in [6.45, 7) is 7.40. The summed E-state index contributed by atoms with van der Waals surface area (Å²) in [7, 11) is -3.64. The Kier molecular flexibility index (Phi) is 6.35. The first-order valence-corrected chi connectivity index (χ1v) is 12.6. The highest BCUT2D eigenvalue weighted by molar-refractivity contribution is 7.89. The van der Waals surface area contributed by atoms with Gasteiger partial charge in [-0.15, -0.1) is 0 Å². The number of carbonyl (C=O) groups is 1. The van der Waals surface area contributed by atoms with E-state index in [1.807, 2.05) is 43.0 Å². The molecule has 2 heterocycles. The molecule has 0 bridgehead atoms. The summed E-state index contributed by atoms with van der Waals surface area (Å²) in [5.74, 6) is 0.892. The topological polar surface area (TPSA) is 86.4 Å². The number of amides is 1. The van der Waals surface area contributed by atoms with Gasteiger partial charge >= 0.3 is 0 Å². The number of benzene rings is 2. The lowest BCUT2D eigenvalue weighted by Gasteiger charge is -2.32. The number of aromatic amines is 1. The lowest BCUT2D eigenvalue weighted by atomic mass is 9.96. The van der Waals surface area contributed by atoms with Crippen LogP contribution in [-0.2, 0) is 10.0 Å². The molecular weight excluding hydrogens is 424 g/mol. The van der Waals surface area contributed by atoms with Crippen molar-refractivity contribution in [1.82, 2.24) is 19.2 Å². The number of imidazole rings is 1. The predicted octanol–water partition coefficient (Wildman–Crippen LogP) is 3.92. The molecule has 170 valence electrons. The van der Waals surface area contributed by atoms with Crippen molar-refractivity contribution in [3.63, 3.8) is 0 Å². The number of nitrogens with zero attached hydrogens (tertiary/aromatic N) is 3. The van der Waals surface area contributed by atoms with E-state index < -0.39 is 10.0 Å². The summed E-state index contributed by atoms with van der Waals surface area (Å²) in [6, 6.07) is 12.9. The number of para-hydroxylation sites is 2. The molecule has 3 aromatic rings. The van der Waals surface area contributed by atoms with Crippen LogP contribution in [0.4, 0.5) is 0 Å². The molecule has 2 aromatic carbocycles. The normalized spacial score (nSPS) is 17.2. The van der Waals surface area contributed by atoms with Gasteiger partial charge in [-0.2, -0.15) is 4.31 Å². The Hall–Kier alpha value is -2.71. The number of carbonyl (C=O) groups excluding carboxylic acids is 1. The third-order valence-electron chi connectivity index (χ3n) is 6.26. The molecule has 0 unspecified atom stereocenters. The summed E-state index contributed by atoms with van der Waals surface area (Å²) in [6.07, 6.45) is 1.84. The average molecular weight is 455 g/mol. The van der Waals surface area contributed by atoms with Gasteiger partial charge in [-0.1, -0.05) is 32.0 Å². The minimum absolute atomic E-state index is 0.129. The first-order chi connectivity index (χ1) is 15.3. The highest BCUT2D eigenvalue weighted by Gasteiger charge is 2.29. The average Bonchev–Trinajstić information content (AvgIpc) is 3.24. The molecule has 0 radical (unpaired) electrons.